The largest absolute Gasteiger partial charge is 0.496 e. The predicted molar refractivity (Wildman–Crippen MR) is 91.3 cm³/mol. The van der Waals surface area contributed by atoms with Crippen molar-refractivity contribution in [2.75, 3.05) is 25.6 Å². The van der Waals surface area contributed by atoms with Crippen molar-refractivity contribution in [3.8, 4) is 5.75 Å². The minimum Gasteiger partial charge on any atom is -0.496 e. The molecular weight excluding hydrogens is 343 g/mol. The summed E-state index contributed by atoms with van der Waals surface area (Å²) in [6, 6.07) is 12.1. The lowest BCUT2D eigenvalue weighted by Gasteiger charge is -2.09. The van der Waals surface area contributed by atoms with E-state index in [1.807, 2.05) is 0 Å². The van der Waals surface area contributed by atoms with Gasteiger partial charge in [0.1, 0.15) is 18.1 Å². The van der Waals surface area contributed by atoms with Crippen LogP contribution >= 0.6 is 0 Å². The van der Waals surface area contributed by atoms with E-state index in [0.29, 0.717) is 5.75 Å². The number of ether oxygens (including phenoxy) is 2. The Morgan fingerprint density at radius 2 is 1.73 bits per heavy atom. The van der Waals surface area contributed by atoms with E-state index in [2.05, 4.69) is 10.6 Å². The minimum absolute atomic E-state index is 0.0157. The van der Waals surface area contributed by atoms with E-state index >= 15 is 0 Å². The first-order chi connectivity index (χ1) is 12.5. The lowest BCUT2D eigenvalue weighted by atomic mass is 10.2. The van der Waals surface area contributed by atoms with Crippen LogP contribution in [0.1, 0.15) is 10.4 Å². The Kier molecular flexibility index (Phi) is 6.67. The van der Waals surface area contributed by atoms with Gasteiger partial charge in [0, 0.05) is 0 Å². The highest BCUT2D eigenvalue weighted by molar-refractivity contribution is 5.98. The van der Waals surface area contributed by atoms with Crippen LogP contribution in [0.3, 0.4) is 0 Å². The van der Waals surface area contributed by atoms with Crippen molar-refractivity contribution in [1.82, 2.24) is 5.32 Å². The van der Waals surface area contributed by atoms with Crippen LogP contribution in [0, 0.1) is 5.82 Å². The molecule has 8 heteroatoms. The molecule has 0 radical (unpaired) electrons. The first kappa shape index (κ1) is 18.9. The minimum atomic E-state index is -0.808. The number of esters is 1. The zero-order valence-corrected chi connectivity index (χ0v) is 14.0. The maximum atomic E-state index is 13.4. The normalized spacial score (nSPS) is 9.92. The Bertz CT molecular complexity index is 810. The van der Waals surface area contributed by atoms with Gasteiger partial charge in [0.15, 0.2) is 6.61 Å². The SMILES string of the molecule is COc1ccccc1C(=O)NCC(=O)OCC(=O)Nc1ccccc1F. The summed E-state index contributed by atoms with van der Waals surface area (Å²) in [7, 11) is 1.43. The third-order valence-electron chi connectivity index (χ3n) is 3.26. The number of methoxy groups -OCH3 is 1. The lowest BCUT2D eigenvalue weighted by molar-refractivity contribution is -0.146. The fraction of sp³-hybridized carbons (Fsp3) is 0.167. The van der Waals surface area contributed by atoms with E-state index in [0.717, 1.165) is 0 Å². The van der Waals surface area contributed by atoms with Crippen LogP contribution in [0.25, 0.3) is 0 Å². The van der Waals surface area contributed by atoms with Crippen LogP contribution in [-0.4, -0.2) is 38.0 Å². The Labute approximate surface area is 149 Å². The standard InChI is InChI=1S/C18H17FN2O5/c1-25-15-9-5-2-6-12(15)18(24)20-10-17(23)26-11-16(22)21-14-8-4-3-7-13(14)19/h2-9H,10-11H2,1H3,(H,20,24)(H,21,22). The van der Waals surface area contributed by atoms with Crippen molar-refractivity contribution in [2.45, 2.75) is 0 Å². The summed E-state index contributed by atoms with van der Waals surface area (Å²) < 4.78 is 23.2. The quantitative estimate of drug-likeness (QED) is 0.734. The molecule has 0 spiro atoms. The number of hydrogen-bond acceptors (Lipinski definition) is 5. The summed E-state index contributed by atoms with van der Waals surface area (Å²) >= 11 is 0. The number of anilines is 1. The van der Waals surface area contributed by atoms with Crippen molar-refractivity contribution in [1.29, 1.82) is 0 Å². The molecule has 2 N–H and O–H groups in total. The fourth-order valence-electron chi connectivity index (χ4n) is 2.03. The summed E-state index contributed by atoms with van der Waals surface area (Å²) in [6.45, 7) is -1.03. The highest BCUT2D eigenvalue weighted by atomic mass is 19.1. The van der Waals surface area contributed by atoms with Gasteiger partial charge >= 0.3 is 5.97 Å². The van der Waals surface area contributed by atoms with E-state index in [9.17, 15) is 18.8 Å². The summed E-state index contributed by atoms with van der Waals surface area (Å²) in [4.78, 5) is 35.3. The third kappa shape index (κ3) is 5.30. The van der Waals surface area contributed by atoms with Crippen LogP contribution in [0.5, 0.6) is 5.75 Å². The number of nitrogens with one attached hydrogen (secondary N) is 2. The summed E-state index contributed by atoms with van der Waals surface area (Å²) in [6.07, 6.45) is 0. The van der Waals surface area contributed by atoms with Crippen molar-refractivity contribution in [3.05, 3.63) is 59.9 Å². The van der Waals surface area contributed by atoms with Crippen LogP contribution < -0.4 is 15.4 Å². The van der Waals surface area contributed by atoms with Crippen LogP contribution in [0.15, 0.2) is 48.5 Å². The maximum absolute atomic E-state index is 13.4. The Hall–Kier alpha value is -3.42. The fourth-order valence-corrected chi connectivity index (χ4v) is 2.03. The number of para-hydroxylation sites is 2. The van der Waals surface area contributed by atoms with Gasteiger partial charge in [-0.1, -0.05) is 24.3 Å². The molecule has 0 unspecified atom stereocenters. The molecule has 136 valence electrons. The molecule has 0 aromatic heterocycles. The van der Waals surface area contributed by atoms with E-state index in [1.165, 1.54) is 25.3 Å². The average Bonchev–Trinajstić information content (AvgIpc) is 2.66. The topological polar surface area (TPSA) is 93.7 Å². The van der Waals surface area contributed by atoms with Crippen molar-refractivity contribution in [2.24, 2.45) is 0 Å². The molecular formula is C18H17FN2O5. The molecule has 0 aliphatic carbocycles. The highest BCUT2D eigenvalue weighted by Crippen LogP contribution is 2.16. The van der Waals surface area contributed by atoms with E-state index in [-0.39, 0.29) is 11.3 Å². The number of benzene rings is 2. The van der Waals surface area contributed by atoms with Crippen LogP contribution in [0.4, 0.5) is 10.1 Å². The van der Waals surface area contributed by atoms with E-state index in [1.54, 1.807) is 30.3 Å². The van der Waals surface area contributed by atoms with Gasteiger partial charge < -0.3 is 20.1 Å². The van der Waals surface area contributed by atoms with Crippen molar-refractivity contribution >= 4 is 23.5 Å². The van der Waals surface area contributed by atoms with Crippen molar-refractivity contribution in [3.63, 3.8) is 0 Å². The van der Waals surface area contributed by atoms with E-state index in [4.69, 9.17) is 9.47 Å². The summed E-state index contributed by atoms with van der Waals surface area (Å²) in [5.41, 5.74) is 0.248. The Morgan fingerprint density at radius 1 is 1.04 bits per heavy atom. The molecule has 2 amide bonds. The zero-order chi connectivity index (χ0) is 18.9. The molecule has 0 saturated heterocycles. The second-order valence-electron chi connectivity index (χ2n) is 5.07. The number of carbonyl (C=O) groups excluding carboxylic acids is 3. The molecule has 0 aliphatic rings. The average molecular weight is 360 g/mol. The van der Waals surface area contributed by atoms with Gasteiger partial charge in [-0.05, 0) is 24.3 Å². The Balaban J connectivity index is 1.77. The molecule has 2 rings (SSSR count). The molecule has 0 bridgehead atoms. The summed E-state index contributed by atoms with van der Waals surface area (Å²) in [5, 5.41) is 4.65. The number of carbonyl (C=O) groups is 3. The first-order valence-electron chi connectivity index (χ1n) is 7.62. The second kappa shape index (κ2) is 9.16. The van der Waals surface area contributed by atoms with Crippen LogP contribution in [-0.2, 0) is 14.3 Å². The lowest BCUT2D eigenvalue weighted by Crippen LogP contribution is -2.32. The molecule has 0 saturated carbocycles. The van der Waals surface area contributed by atoms with Gasteiger partial charge in [0.25, 0.3) is 11.8 Å². The molecule has 0 fully saturated rings. The number of halogens is 1. The third-order valence-corrected chi connectivity index (χ3v) is 3.26. The first-order valence-corrected chi connectivity index (χ1v) is 7.62. The molecule has 7 nitrogen and oxygen atoms in total. The molecule has 0 aliphatic heterocycles. The molecule has 0 heterocycles. The number of hydrogen-bond donors (Lipinski definition) is 2. The monoisotopic (exact) mass is 360 g/mol. The van der Waals surface area contributed by atoms with Crippen LogP contribution in [0.2, 0.25) is 0 Å². The highest BCUT2D eigenvalue weighted by Gasteiger charge is 2.14. The number of rotatable bonds is 7. The van der Waals surface area contributed by atoms with Gasteiger partial charge in [-0.15, -0.1) is 0 Å². The molecule has 2 aromatic rings. The predicted octanol–water partition coefficient (Wildman–Crippen LogP) is 1.75. The van der Waals surface area contributed by atoms with E-state index < -0.39 is 36.8 Å². The second-order valence-corrected chi connectivity index (χ2v) is 5.07. The molecule has 2 aromatic carbocycles. The molecule has 26 heavy (non-hydrogen) atoms. The van der Waals surface area contributed by atoms with Gasteiger partial charge in [0.2, 0.25) is 0 Å². The zero-order valence-electron chi connectivity index (χ0n) is 14.0. The summed E-state index contributed by atoms with van der Waals surface area (Å²) in [5.74, 6) is -2.26. The number of amides is 2. The smallest absolute Gasteiger partial charge is 0.325 e. The van der Waals surface area contributed by atoms with Crippen molar-refractivity contribution < 1.29 is 28.2 Å². The molecule has 0 atom stereocenters. The van der Waals surface area contributed by atoms with Gasteiger partial charge in [-0.3, -0.25) is 14.4 Å². The van der Waals surface area contributed by atoms with Gasteiger partial charge in [0.05, 0.1) is 18.4 Å². The van der Waals surface area contributed by atoms with Gasteiger partial charge in [-0.25, -0.2) is 4.39 Å². The maximum Gasteiger partial charge on any atom is 0.325 e. The van der Waals surface area contributed by atoms with Gasteiger partial charge in [-0.2, -0.15) is 0 Å². The Morgan fingerprint density at radius 3 is 2.46 bits per heavy atom.